The van der Waals surface area contributed by atoms with Crippen molar-refractivity contribution >= 4 is 17.8 Å². The highest BCUT2D eigenvalue weighted by molar-refractivity contribution is 7.99. The number of aliphatic hydroxyl groups is 1. The van der Waals surface area contributed by atoms with Crippen LogP contribution in [0.4, 0.5) is 4.79 Å². The number of hydrogen-bond acceptors (Lipinski definition) is 3. The van der Waals surface area contributed by atoms with Crippen molar-refractivity contribution in [2.45, 2.75) is 44.2 Å². The average molecular weight is 258 g/mol. The van der Waals surface area contributed by atoms with E-state index in [1.807, 2.05) is 0 Å². The molecule has 3 unspecified atom stereocenters. The van der Waals surface area contributed by atoms with Crippen LogP contribution < -0.4 is 10.6 Å². The molecular formula is C12H22N2O2S. The lowest BCUT2D eigenvalue weighted by Crippen LogP contribution is -2.47. The zero-order valence-corrected chi connectivity index (χ0v) is 11.2. The molecule has 2 aliphatic rings. The summed E-state index contributed by atoms with van der Waals surface area (Å²) in [6.07, 6.45) is 4.27. The molecule has 1 saturated heterocycles. The van der Waals surface area contributed by atoms with E-state index in [1.165, 1.54) is 12.8 Å². The zero-order chi connectivity index (χ0) is 12.3. The summed E-state index contributed by atoms with van der Waals surface area (Å²) in [5.41, 5.74) is -0.686. The van der Waals surface area contributed by atoms with Crippen molar-refractivity contribution in [3.8, 4) is 0 Å². The maximum absolute atomic E-state index is 11.6. The van der Waals surface area contributed by atoms with Gasteiger partial charge in [-0.15, -0.1) is 0 Å². The van der Waals surface area contributed by atoms with Crippen LogP contribution in [0.15, 0.2) is 0 Å². The summed E-state index contributed by atoms with van der Waals surface area (Å²) in [5.74, 6) is 2.40. The van der Waals surface area contributed by atoms with Crippen LogP contribution in [0, 0.1) is 5.92 Å². The SMILES string of the molecule is CCCC1CC1NC(=O)NCC1(O)CCSC1. The van der Waals surface area contributed by atoms with Crippen molar-refractivity contribution in [1.29, 1.82) is 0 Å². The Hall–Kier alpha value is -0.420. The van der Waals surface area contributed by atoms with E-state index >= 15 is 0 Å². The molecule has 5 heteroatoms. The summed E-state index contributed by atoms with van der Waals surface area (Å²) in [6.45, 7) is 2.54. The first-order valence-corrected chi connectivity index (χ1v) is 7.63. The van der Waals surface area contributed by atoms with Gasteiger partial charge in [0.15, 0.2) is 0 Å². The van der Waals surface area contributed by atoms with Gasteiger partial charge in [0.25, 0.3) is 0 Å². The van der Waals surface area contributed by atoms with Crippen LogP contribution in [-0.2, 0) is 0 Å². The summed E-state index contributed by atoms with van der Waals surface area (Å²) >= 11 is 1.74. The molecule has 2 fully saturated rings. The largest absolute Gasteiger partial charge is 0.387 e. The van der Waals surface area contributed by atoms with Gasteiger partial charge in [0.05, 0.1) is 5.60 Å². The minimum Gasteiger partial charge on any atom is -0.387 e. The third kappa shape index (κ3) is 3.78. The zero-order valence-electron chi connectivity index (χ0n) is 10.4. The summed E-state index contributed by atoms with van der Waals surface area (Å²) in [7, 11) is 0. The second-order valence-corrected chi connectivity index (χ2v) is 6.35. The number of rotatable bonds is 5. The molecule has 0 aromatic heterocycles. The molecule has 3 N–H and O–H groups in total. The molecule has 2 amide bonds. The lowest BCUT2D eigenvalue weighted by Gasteiger charge is -2.21. The van der Waals surface area contributed by atoms with Crippen molar-refractivity contribution in [1.82, 2.24) is 10.6 Å². The molecule has 17 heavy (non-hydrogen) atoms. The fourth-order valence-corrected chi connectivity index (χ4v) is 3.61. The van der Waals surface area contributed by atoms with Gasteiger partial charge < -0.3 is 15.7 Å². The van der Waals surface area contributed by atoms with Crippen molar-refractivity contribution in [2.75, 3.05) is 18.1 Å². The van der Waals surface area contributed by atoms with Crippen LogP contribution in [0.2, 0.25) is 0 Å². The molecule has 1 heterocycles. The van der Waals surface area contributed by atoms with Gasteiger partial charge in [-0.2, -0.15) is 11.8 Å². The lowest BCUT2D eigenvalue weighted by molar-refractivity contribution is 0.0699. The Bertz CT molecular complexity index is 280. The molecule has 0 aromatic rings. The van der Waals surface area contributed by atoms with Gasteiger partial charge in [0, 0.05) is 18.3 Å². The predicted molar refractivity (Wildman–Crippen MR) is 70.2 cm³/mol. The number of urea groups is 1. The summed E-state index contributed by atoms with van der Waals surface area (Å²) in [4.78, 5) is 11.6. The Balaban J connectivity index is 1.61. The minimum atomic E-state index is -0.686. The van der Waals surface area contributed by atoms with E-state index in [1.54, 1.807) is 11.8 Å². The van der Waals surface area contributed by atoms with E-state index in [0.29, 0.717) is 18.5 Å². The maximum atomic E-state index is 11.6. The van der Waals surface area contributed by atoms with E-state index in [-0.39, 0.29) is 6.03 Å². The second kappa shape index (κ2) is 5.48. The van der Waals surface area contributed by atoms with E-state index in [4.69, 9.17) is 0 Å². The molecule has 1 aliphatic carbocycles. The third-order valence-corrected chi connectivity index (χ3v) is 4.79. The highest BCUT2D eigenvalue weighted by Gasteiger charge is 2.38. The third-order valence-electron chi connectivity index (χ3n) is 3.56. The van der Waals surface area contributed by atoms with Crippen molar-refractivity contribution in [3.63, 3.8) is 0 Å². The lowest BCUT2D eigenvalue weighted by atomic mass is 10.0. The topological polar surface area (TPSA) is 61.4 Å². The normalized spacial score (nSPS) is 35.6. The molecule has 0 bridgehead atoms. The Morgan fingerprint density at radius 1 is 1.59 bits per heavy atom. The molecule has 98 valence electrons. The smallest absolute Gasteiger partial charge is 0.315 e. The minimum absolute atomic E-state index is 0.126. The molecule has 0 spiro atoms. The Labute approximate surface area is 107 Å². The van der Waals surface area contributed by atoms with Crippen molar-refractivity contribution < 1.29 is 9.90 Å². The fraction of sp³-hybridized carbons (Fsp3) is 0.917. The van der Waals surface area contributed by atoms with E-state index in [9.17, 15) is 9.90 Å². The van der Waals surface area contributed by atoms with Gasteiger partial charge >= 0.3 is 6.03 Å². The fourth-order valence-electron chi connectivity index (χ4n) is 2.31. The van der Waals surface area contributed by atoms with Crippen LogP contribution >= 0.6 is 11.8 Å². The number of thioether (sulfide) groups is 1. The number of carbonyl (C=O) groups excluding carboxylic acids is 1. The summed E-state index contributed by atoms with van der Waals surface area (Å²) in [6, 6.07) is 0.237. The van der Waals surface area contributed by atoms with Crippen molar-refractivity contribution in [3.05, 3.63) is 0 Å². The number of amides is 2. The van der Waals surface area contributed by atoms with Gasteiger partial charge in [-0.05, 0) is 30.9 Å². The predicted octanol–water partition coefficient (Wildman–Crippen LogP) is 1.34. The number of nitrogens with one attached hydrogen (secondary N) is 2. The van der Waals surface area contributed by atoms with Gasteiger partial charge in [-0.1, -0.05) is 13.3 Å². The Morgan fingerprint density at radius 3 is 3.06 bits per heavy atom. The van der Waals surface area contributed by atoms with Crippen LogP contribution in [0.25, 0.3) is 0 Å². The monoisotopic (exact) mass is 258 g/mol. The highest BCUT2D eigenvalue weighted by atomic mass is 32.2. The number of hydrogen-bond donors (Lipinski definition) is 3. The molecule has 2 rings (SSSR count). The quantitative estimate of drug-likeness (QED) is 0.697. The van der Waals surface area contributed by atoms with E-state index in [2.05, 4.69) is 17.6 Å². The highest BCUT2D eigenvalue weighted by Crippen LogP contribution is 2.34. The molecule has 1 aliphatic heterocycles. The van der Waals surface area contributed by atoms with Crippen molar-refractivity contribution in [2.24, 2.45) is 5.92 Å². The van der Waals surface area contributed by atoms with Gasteiger partial charge in [-0.3, -0.25) is 0 Å². The Kier molecular flexibility index (Phi) is 4.20. The van der Waals surface area contributed by atoms with Gasteiger partial charge in [0.2, 0.25) is 0 Å². The van der Waals surface area contributed by atoms with E-state index < -0.39 is 5.60 Å². The standard InChI is InChI=1S/C12H22N2O2S/c1-2-3-9-6-10(9)14-11(15)13-7-12(16)4-5-17-8-12/h9-10,16H,2-8H2,1H3,(H2,13,14,15). The second-order valence-electron chi connectivity index (χ2n) is 5.24. The first-order chi connectivity index (χ1) is 8.13. The molecule has 1 saturated carbocycles. The van der Waals surface area contributed by atoms with Crippen LogP contribution in [0.1, 0.15) is 32.6 Å². The number of carbonyl (C=O) groups is 1. The van der Waals surface area contributed by atoms with Crippen LogP contribution in [0.3, 0.4) is 0 Å². The first-order valence-electron chi connectivity index (χ1n) is 6.47. The molecule has 3 atom stereocenters. The summed E-state index contributed by atoms with van der Waals surface area (Å²) in [5, 5.41) is 15.8. The van der Waals surface area contributed by atoms with Crippen LogP contribution in [0.5, 0.6) is 0 Å². The van der Waals surface area contributed by atoms with Gasteiger partial charge in [-0.25, -0.2) is 4.79 Å². The van der Waals surface area contributed by atoms with E-state index in [0.717, 1.165) is 24.3 Å². The summed E-state index contributed by atoms with van der Waals surface area (Å²) < 4.78 is 0. The molecule has 0 aromatic carbocycles. The molecule has 4 nitrogen and oxygen atoms in total. The Morgan fingerprint density at radius 2 is 2.41 bits per heavy atom. The average Bonchev–Trinajstić information content (AvgIpc) is 2.86. The molecular weight excluding hydrogens is 236 g/mol. The molecule has 0 radical (unpaired) electrons. The van der Waals surface area contributed by atoms with Gasteiger partial charge in [0.1, 0.15) is 0 Å². The first kappa shape index (κ1) is 13.0. The maximum Gasteiger partial charge on any atom is 0.315 e. The van der Waals surface area contributed by atoms with Crippen LogP contribution in [-0.4, -0.2) is 40.8 Å².